The number of carbonyl (C=O) groups is 1. The van der Waals surface area contributed by atoms with Crippen LogP contribution in [-0.4, -0.2) is 48.4 Å². The SMILES string of the molecule is CC12CN3CN(C1)CC(C1CCCCC1)(C3)C2=O. The van der Waals surface area contributed by atoms with Gasteiger partial charge in [-0.25, -0.2) is 0 Å². The molecule has 0 amide bonds. The highest BCUT2D eigenvalue weighted by Gasteiger charge is 2.63. The van der Waals surface area contributed by atoms with E-state index in [-0.39, 0.29) is 10.8 Å². The van der Waals surface area contributed by atoms with E-state index in [1.54, 1.807) is 0 Å². The van der Waals surface area contributed by atoms with Crippen molar-refractivity contribution in [3.8, 4) is 0 Å². The molecule has 0 radical (unpaired) electrons. The number of piperidine rings is 2. The molecular weight excluding hydrogens is 224 g/mol. The molecule has 3 nitrogen and oxygen atoms in total. The summed E-state index contributed by atoms with van der Waals surface area (Å²) in [5, 5.41) is 0. The lowest BCUT2D eigenvalue weighted by atomic mass is 9.55. The Labute approximate surface area is 110 Å². The van der Waals surface area contributed by atoms with Crippen LogP contribution in [0.2, 0.25) is 0 Å². The fourth-order valence-corrected chi connectivity index (χ4v) is 5.47. The first-order valence-corrected chi connectivity index (χ1v) is 7.62. The van der Waals surface area contributed by atoms with Crippen molar-refractivity contribution in [3.63, 3.8) is 0 Å². The molecule has 1 saturated carbocycles. The third kappa shape index (κ3) is 1.35. The van der Waals surface area contributed by atoms with E-state index in [2.05, 4.69) is 16.7 Å². The molecule has 1 aliphatic carbocycles. The summed E-state index contributed by atoms with van der Waals surface area (Å²) in [6.45, 7) is 7.46. The maximum Gasteiger partial charge on any atom is 0.150 e. The largest absolute Gasteiger partial charge is 0.298 e. The highest BCUT2D eigenvalue weighted by Crippen LogP contribution is 2.52. The third-order valence-corrected chi connectivity index (χ3v) is 5.94. The Morgan fingerprint density at radius 3 is 2.22 bits per heavy atom. The van der Waals surface area contributed by atoms with Crippen LogP contribution in [0.15, 0.2) is 0 Å². The van der Waals surface area contributed by atoms with Crippen molar-refractivity contribution in [2.75, 3.05) is 32.8 Å². The summed E-state index contributed by atoms with van der Waals surface area (Å²) in [6.07, 6.45) is 6.66. The fraction of sp³-hybridized carbons (Fsp3) is 0.933. The summed E-state index contributed by atoms with van der Waals surface area (Å²) in [5.41, 5.74) is -0.0594. The van der Waals surface area contributed by atoms with Gasteiger partial charge in [-0.2, -0.15) is 0 Å². The molecule has 0 N–H and O–H groups in total. The number of Topliss-reactive ketones (excluding diaryl/α,β-unsaturated/α-hetero) is 1. The van der Waals surface area contributed by atoms with Crippen LogP contribution in [0.25, 0.3) is 0 Å². The van der Waals surface area contributed by atoms with E-state index in [0.29, 0.717) is 11.7 Å². The van der Waals surface area contributed by atoms with Gasteiger partial charge < -0.3 is 0 Å². The Morgan fingerprint density at radius 1 is 1.00 bits per heavy atom. The van der Waals surface area contributed by atoms with Gasteiger partial charge in [-0.05, 0) is 18.8 Å². The minimum atomic E-state index is -0.0633. The lowest BCUT2D eigenvalue weighted by Crippen LogP contribution is -2.77. The average Bonchev–Trinajstić information content (AvgIpc) is 2.36. The first-order valence-electron chi connectivity index (χ1n) is 7.62. The van der Waals surface area contributed by atoms with Crippen LogP contribution < -0.4 is 0 Å². The van der Waals surface area contributed by atoms with Gasteiger partial charge in [-0.15, -0.1) is 0 Å². The molecule has 3 heteroatoms. The fourth-order valence-electron chi connectivity index (χ4n) is 5.47. The van der Waals surface area contributed by atoms with Gasteiger partial charge in [-0.3, -0.25) is 14.6 Å². The molecule has 0 spiro atoms. The van der Waals surface area contributed by atoms with E-state index >= 15 is 0 Å². The van der Waals surface area contributed by atoms with Gasteiger partial charge in [0.2, 0.25) is 0 Å². The van der Waals surface area contributed by atoms with Crippen molar-refractivity contribution in [1.82, 2.24) is 9.80 Å². The van der Waals surface area contributed by atoms with Gasteiger partial charge in [0.1, 0.15) is 5.78 Å². The molecule has 5 aliphatic rings. The Balaban J connectivity index is 1.72. The molecular formula is C15H24N2O. The number of ketones is 1. The van der Waals surface area contributed by atoms with Gasteiger partial charge >= 0.3 is 0 Å². The Bertz CT molecular complexity index is 372. The second-order valence-electron chi connectivity index (χ2n) is 7.50. The summed E-state index contributed by atoms with van der Waals surface area (Å²) in [7, 11) is 0. The standard InChI is InChI=1S/C15H24N2O/c1-14-7-16-9-15(13(14)18,10-17(8-14)11-16)12-5-3-2-4-6-12/h12H,2-11H2,1H3. The normalized spacial score (nSPS) is 51.9. The number of hydrogen-bond donors (Lipinski definition) is 0. The quantitative estimate of drug-likeness (QED) is 0.706. The monoisotopic (exact) mass is 248 g/mol. The molecule has 5 rings (SSSR count). The van der Waals surface area contributed by atoms with Crippen molar-refractivity contribution in [3.05, 3.63) is 0 Å². The van der Waals surface area contributed by atoms with E-state index in [4.69, 9.17) is 0 Å². The molecule has 4 saturated heterocycles. The summed E-state index contributed by atoms with van der Waals surface area (Å²) < 4.78 is 0. The van der Waals surface area contributed by atoms with Crippen molar-refractivity contribution < 1.29 is 4.79 Å². The first-order chi connectivity index (χ1) is 8.62. The summed E-state index contributed by atoms with van der Waals surface area (Å²) in [4.78, 5) is 18.2. The van der Waals surface area contributed by atoms with E-state index in [1.165, 1.54) is 32.1 Å². The summed E-state index contributed by atoms with van der Waals surface area (Å²) in [6, 6.07) is 0. The molecule has 0 aromatic carbocycles. The highest BCUT2D eigenvalue weighted by molar-refractivity contribution is 5.93. The molecule has 100 valence electrons. The van der Waals surface area contributed by atoms with Crippen LogP contribution in [0.3, 0.4) is 0 Å². The van der Waals surface area contributed by atoms with Crippen LogP contribution in [-0.2, 0) is 4.79 Å². The van der Waals surface area contributed by atoms with Gasteiger partial charge in [0.05, 0.1) is 17.5 Å². The zero-order valence-electron chi connectivity index (χ0n) is 11.5. The number of nitrogens with zero attached hydrogens (tertiary/aromatic N) is 2. The van der Waals surface area contributed by atoms with Gasteiger partial charge in [0.25, 0.3) is 0 Å². The molecule has 18 heavy (non-hydrogen) atoms. The second-order valence-corrected chi connectivity index (χ2v) is 7.50. The van der Waals surface area contributed by atoms with Crippen molar-refractivity contribution in [2.45, 2.75) is 39.0 Å². The van der Waals surface area contributed by atoms with Gasteiger partial charge in [-0.1, -0.05) is 26.2 Å². The molecule has 4 heterocycles. The first kappa shape index (κ1) is 11.4. The van der Waals surface area contributed by atoms with Crippen LogP contribution >= 0.6 is 0 Å². The van der Waals surface area contributed by atoms with E-state index in [9.17, 15) is 4.79 Å². The summed E-state index contributed by atoms with van der Waals surface area (Å²) >= 11 is 0. The van der Waals surface area contributed by atoms with Gasteiger partial charge in [0, 0.05) is 26.2 Å². The topological polar surface area (TPSA) is 23.6 Å². The minimum absolute atomic E-state index is 0.00389. The van der Waals surface area contributed by atoms with E-state index in [1.807, 2.05) is 0 Å². The van der Waals surface area contributed by atoms with Crippen LogP contribution in [0.5, 0.6) is 0 Å². The van der Waals surface area contributed by atoms with Crippen LogP contribution in [0.1, 0.15) is 39.0 Å². The third-order valence-electron chi connectivity index (χ3n) is 5.94. The lowest BCUT2D eigenvalue weighted by Gasteiger charge is -2.64. The number of hydrogen-bond acceptors (Lipinski definition) is 3. The number of carbonyl (C=O) groups excluding carboxylic acids is 1. The average molecular weight is 248 g/mol. The molecule has 4 aliphatic heterocycles. The van der Waals surface area contributed by atoms with Gasteiger partial charge in [0.15, 0.2) is 0 Å². The second kappa shape index (κ2) is 3.57. The lowest BCUT2D eigenvalue weighted by molar-refractivity contribution is -0.191. The predicted molar refractivity (Wildman–Crippen MR) is 70.1 cm³/mol. The molecule has 5 fully saturated rings. The maximum atomic E-state index is 13.1. The van der Waals surface area contributed by atoms with Crippen molar-refractivity contribution in [2.24, 2.45) is 16.7 Å². The molecule has 0 aromatic rings. The number of rotatable bonds is 1. The maximum absolute atomic E-state index is 13.1. The Morgan fingerprint density at radius 2 is 1.61 bits per heavy atom. The smallest absolute Gasteiger partial charge is 0.150 e. The molecule has 2 atom stereocenters. The molecule has 2 unspecified atom stereocenters. The summed E-state index contributed by atoms with van der Waals surface area (Å²) in [5.74, 6) is 1.29. The zero-order chi connectivity index (χ0) is 12.4. The van der Waals surface area contributed by atoms with Crippen LogP contribution in [0, 0.1) is 16.7 Å². The Hall–Kier alpha value is -0.410. The molecule has 0 aromatic heterocycles. The van der Waals surface area contributed by atoms with Crippen molar-refractivity contribution >= 4 is 5.78 Å². The van der Waals surface area contributed by atoms with Crippen molar-refractivity contribution in [1.29, 1.82) is 0 Å². The van der Waals surface area contributed by atoms with E-state index in [0.717, 1.165) is 32.8 Å². The molecule has 4 bridgehead atoms. The minimum Gasteiger partial charge on any atom is -0.298 e. The predicted octanol–water partition coefficient (Wildman–Crippen LogP) is 1.73. The van der Waals surface area contributed by atoms with E-state index < -0.39 is 0 Å². The zero-order valence-corrected chi connectivity index (χ0v) is 11.5. The van der Waals surface area contributed by atoms with Crippen LogP contribution in [0.4, 0.5) is 0 Å². The highest BCUT2D eigenvalue weighted by atomic mass is 16.1. The Kier molecular flexibility index (Phi) is 2.27.